The van der Waals surface area contributed by atoms with Gasteiger partial charge in [-0.25, -0.2) is 9.97 Å². The molecule has 8 nitrogen and oxygen atoms in total. The van der Waals surface area contributed by atoms with Crippen molar-refractivity contribution in [2.75, 3.05) is 43.1 Å². The number of ether oxygens (including phenoxy) is 3. The van der Waals surface area contributed by atoms with Crippen LogP contribution in [0.1, 0.15) is 41.1 Å². The maximum atomic E-state index is 11.3. The van der Waals surface area contributed by atoms with E-state index in [0.29, 0.717) is 26.4 Å². The molecule has 188 valence electrons. The van der Waals surface area contributed by atoms with E-state index in [4.69, 9.17) is 24.2 Å². The van der Waals surface area contributed by atoms with Crippen LogP contribution in [0.2, 0.25) is 0 Å². The molecule has 3 heterocycles. The molecule has 1 atom stereocenters. The largest absolute Gasteiger partial charge is 0.489 e. The molecule has 3 aromatic rings. The van der Waals surface area contributed by atoms with Crippen LogP contribution in [-0.2, 0) is 20.8 Å². The van der Waals surface area contributed by atoms with E-state index in [-0.39, 0.29) is 12.1 Å². The second-order valence-electron chi connectivity index (χ2n) is 9.27. The summed E-state index contributed by atoms with van der Waals surface area (Å²) >= 11 is 0. The van der Waals surface area contributed by atoms with Gasteiger partial charge in [0, 0.05) is 49.4 Å². The molecule has 0 saturated carbocycles. The Hall–Kier alpha value is -3.65. The molecule has 2 aliphatic rings. The fraction of sp³-hybridized carbons (Fsp3) is 0.393. The van der Waals surface area contributed by atoms with Crippen LogP contribution in [-0.4, -0.2) is 48.8 Å². The lowest BCUT2D eigenvalue weighted by molar-refractivity contribution is -0.147. The van der Waals surface area contributed by atoms with Gasteiger partial charge in [0.15, 0.2) is 6.10 Å². The van der Waals surface area contributed by atoms with Crippen molar-refractivity contribution in [1.82, 2.24) is 9.97 Å². The molecule has 0 aliphatic carbocycles. The molecule has 2 aromatic carbocycles. The van der Waals surface area contributed by atoms with Crippen LogP contribution in [0.3, 0.4) is 0 Å². The van der Waals surface area contributed by atoms with Crippen molar-refractivity contribution in [2.45, 2.75) is 40.3 Å². The van der Waals surface area contributed by atoms with E-state index in [1.165, 1.54) is 18.1 Å². The van der Waals surface area contributed by atoms with Gasteiger partial charge in [-0.15, -0.1) is 0 Å². The first-order chi connectivity index (χ1) is 17.4. The Bertz CT molecular complexity index is 1260. The van der Waals surface area contributed by atoms with Crippen LogP contribution >= 0.6 is 0 Å². The molecule has 1 fully saturated rings. The van der Waals surface area contributed by atoms with Crippen molar-refractivity contribution >= 4 is 17.6 Å². The molecule has 8 heteroatoms. The van der Waals surface area contributed by atoms with Crippen molar-refractivity contribution in [1.29, 1.82) is 0 Å². The molecule has 0 amide bonds. The first kappa shape index (κ1) is 24.1. The van der Waals surface area contributed by atoms with Crippen molar-refractivity contribution < 1.29 is 19.0 Å². The van der Waals surface area contributed by atoms with Gasteiger partial charge in [0.2, 0.25) is 5.95 Å². The van der Waals surface area contributed by atoms with Crippen LogP contribution < -0.4 is 15.0 Å². The summed E-state index contributed by atoms with van der Waals surface area (Å²) in [5.74, 6) is 1.23. The molecular formula is C28H32N4O4. The standard InChI is InChI=1S/C28H32N4O4/c1-17-21(15-29-22-8-9-24-25(14-22)35-16-26(24)36-20(4)33)6-5-7-23(17)27-18(2)30-28(31-19(27)3)32-10-12-34-13-11-32/h5-9,14,26,29H,10-13,15-16H2,1-4H3/t26-/m1/s1. The van der Waals surface area contributed by atoms with Crippen LogP contribution in [0.15, 0.2) is 36.4 Å². The maximum Gasteiger partial charge on any atom is 0.303 e. The maximum absolute atomic E-state index is 11.3. The summed E-state index contributed by atoms with van der Waals surface area (Å²) < 4.78 is 16.6. The van der Waals surface area contributed by atoms with Crippen LogP contribution in [0.25, 0.3) is 11.1 Å². The summed E-state index contributed by atoms with van der Waals surface area (Å²) in [7, 11) is 0. The zero-order valence-corrected chi connectivity index (χ0v) is 21.3. The lowest BCUT2D eigenvalue weighted by atomic mass is 9.94. The molecule has 0 bridgehead atoms. The lowest BCUT2D eigenvalue weighted by Crippen LogP contribution is -2.37. The lowest BCUT2D eigenvalue weighted by Gasteiger charge is -2.27. The fourth-order valence-electron chi connectivity index (χ4n) is 4.92. The topological polar surface area (TPSA) is 85.8 Å². The highest BCUT2D eigenvalue weighted by molar-refractivity contribution is 5.73. The van der Waals surface area contributed by atoms with E-state index in [2.05, 4.69) is 49.2 Å². The highest BCUT2D eigenvalue weighted by Crippen LogP contribution is 2.37. The molecule has 1 N–H and O–H groups in total. The minimum absolute atomic E-state index is 0.305. The Balaban J connectivity index is 1.34. The smallest absolute Gasteiger partial charge is 0.303 e. The van der Waals surface area contributed by atoms with Crippen LogP contribution in [0, 0.1) is 20.8 Å². The van der Waals surface area contributed by atoms with Crippen molar-refractivity contribution in [3.8, 4) is 16.9 Å². The van der Waals surface area contributed by atoms with Gasteiger partial charge in [0.05, 0.1) is 24.6 Å². The number of aromatic nitrogens is 2. The van der Waals surface area contributed by atoms with Crippen LogP contribution in [0.5, 0.6) is 5.75 Å². The normalized spacial score (nSPS) is 16.9. The van der Waals surface area contributed by atoms with Crippen molar-refractivity contribution in [3.63, 3.8) is 0 Å². The summed E-state index contributed by atoms with van der Waals surface area (Å²) in [6.45, 7) is 11.8. The number of rotatable bonds is 6. The molecule has 1 saturated heterocycles. The van der Waals surface area contributed by atoms with E-state index in [0.717, 1.165) is 58.6 Å². The van der Waals surface area contributed by atoms with Gasteiger partial charge >= 0.3 is 5.97 Å². The summed E-state index contributed by atoms with van der Waals surface area (Å²) in [4.78, 5) is 23.2. The fourth-order valence-corrected chi connectivity index (χ4v) is 4.92. The van der Waals surface area contributed by atoms with Crippen LogP contribution in [0.4, 0.5) is 11.6 Å². The summed E-state index contributed by atoms with van der Waals surface area (Å²) in [5.41, 5.74) is 8.46. The number of fused-ring (bicyclic) bond motifs is 1. The first-order valence-corrected chi connectivity index (χ1v) is 12.4. The second kappa shape index (κ2) is 10.1. The Labute approximate surface area is 211 Å². The zero-order chi connectivity index (χ0) is 25.2. The Morgan fingerprint density at radius 2 is 1.86 bits per heavy atom. The second-order valence-corrected chi connectivity index (χ2v) is 9.27. The third-order valence-corrected chi connectivity index (χ3v) is 6.81. The van der Waals surface area contributed by atoms with Gasteiger partial charge in [-0.05, 0) is 49.6 Å². The number of nitrogens with zero attached hydrogens (tertiary/aromatic N) is 3. The molecule has 2 aliphatic heterocycles. The van der Waals surface area contributed by atoms with E-state index >= 15 is 0 Å². The monoisotopic (exact) mass is 488 g/mol. The number of aryl methyl sites for hydroxylation is 2. The summed E-state index contributed by atoms with van der Waals surface area (Å²) in [6, 6.07) is 12.3. The van der Waals surface area contributed by atoms with Crippen molar-refractivity contribution in [2.24, 2.45) is 0 Å². The minimum Gasteiger partial charge on any atom is -0.489 e. The SMILES string of the molecule is CC(=O)O[C@@H]1COc2cc(NCc3cccc(-c4c(C)nc(N5CCOCC5)nc4C)c3C)ccc21. The number of hydrogen-bond donors (Lipinski definition) is 1. The summed E-state index contributed by atoms with van der Waals surface area (Å²) in [6.07, 6.45) is -0.339. The van der Waals surface area contributed by atoms with E-state index < -0.39 is 0 Å². The van der Waals surface area contributed by atoms with Gasteiger partial charge in [-0.3, -0.25) is 4.79 Å². The number of esters is 1. The number of hydrogen-bond acceptors (Lipinski definition) is 8. The molecule has 36 heavy (non-hydrogen) atoms. The quantitative estimate of drug-likeness (QED) is 0.507. The number of carbonyl (C=O) groups excluding carboxylic acids is 1. The van der Waals surface area contributed by atoms with Gasteiger partial charge in [0.25, 0.3) is 0 Å². The third kappa shape index (κ3) is 4.86. The van der Waals surface area contributed by atoms with Gasteiger partial charge in [0.1, 0.15) is 12.4 Å². The number of benzene rings is 2. The Morgan fingerprint density at radius 3 is 2.58 bits per heavy atom. The minimum atomic E-state index is -0.339. The highest BCUT2D eigenvalue weighted by atomic mass is 16.6. The third-order valence-electron chi connectivity index (χ3n) is 6.81. The molecule has 0 radical (unpaired) electrons. The van der Waals surface area contributed by atoms with Gasteiger partial charge < -0.3 is 24.4 Å². The molecule has 5 rings (SSSR count). The van der Waals surface area contributed by atoms with E-state index in [9.17, 15) is 4.79 Å². The average Bonchev–Trinajstić information content (AvgIpc) is 3.25. The van der Waals surface area contributed by atoms with Gasteiger partial charge in [-0.2, -0.15) is 0 Å². The van der Waals surface area contributed by atoms with E-state index in [1.54, 1.807) is 0 Å². The molecular weight excluding hydrogens is 456 g/mol. The number of nitrogens with one attached hydrogen (secondary N) is 1. The molecule has 0 unspecified atom stereocenters. The highest BCUT2D eigenvalue weighted by Gasteiger charge is 2.27. The number of anilines is 2. The van der Waals surface area contributed by atoms with Crippen molar-refractivity contribution in [3.05, 3.63) is 64.5 Å². The predicted molar refractivity (Wildman–Crippen MR) is 138 cm³/mol. The van der Waals surface area contributed by atoms with Gasteiger partial charge in [-0.1, -0.05) is 18.2 Å². The Kier molecular flexibility index (Phi) is 6.78. The molecule has 0 spiro atoms. The number of morpholine rings is 1. The zero-order valence-electron chi connectivity index (χ0n) is 21.3. The number of carbonyl (C=O) groups is 1. The molecule has 1 aromatic heterocycles. The first-order valence-electron chi connectivity index (χ1n) is 12.4. The summed E-state index contributed by atoms with van der Waals surface area (Å²) in [5, 5.41) is 3.51. The Morgan fingerprint density at radius 1 is 1.11 bits per heavy atom. The predicted octanol–water partition coefficient (Wildman–Crippen LogP) is 4.51. The average molecular weight is 489 g/mol. The van der Waals surface area contributed by atoms with E-state index in [1.807, 2.05) is 18.2 Å².